The summed E-state index contributed by atoms with van der Waals surface area (Å²) < 4.78 is 15.6. The highest BCUT2D eigenvalue weighted by Crippen LogP contribution is 2.31. The van der Waals surface area contributed by atoms with E-state index in [1.807, 2.05) is 47.8 Å². The third kappa shape index (κ3) is 4.94. The molecule has 0 saturated heterocycles. The Morgan fingerprint density at radius 1 is 0.966 bits per heavy atom. The van der Waals surface area contributed by atoms with Gasteiger partial charge in [0.1, 0.15) is 5.56 Å². The van der Waals surface area contributed by atoms with Crippen LogP contribution in [0.1, 0.15) is 26.8 Å². The number of nitrogens with one attached hydrogen (secondary N) is 1. The highest BCUT2D eigenvalue weighted by atomic mass is 32.1. The summed E-state index contributed by atoms with van der Waals surface area (Å²) in [7, 11) is 2.92. The summed E-state index contributed by atoms with van der Waals surface area (Å²) >= 11 is 1.55. The van der Waals surface area contributed by atoms with Crippen LogP contribution in [0.5, 0.6) is 11.5 Å². The molecule has 0 unspecified atom stereocenters. The number of ether oxygens (including phenoxy) is 3. The summed E-state index contributed by atoms with van der Waals surface area (Å²) in [5, 5.41) is 4.88. The van der Waals surface area contributed by atoms with E-state index in [2.05, 4.69) is 5.32 Å². The lowest BCUT2D eigenvalue weighted by molar-refractivity contribution is -0.124. The number of carbonyl (C=O) groups is 2. The Kier molecular flexibility index (Phi) is 6.86. The molecule has 1 heterocycles. The van der Waals surface area contributed by atoms with Crippen molar-refractivity contribution in [3.05, 3.63) is 82.0 Å². The van der Waals surface area contributed by atoms with Crippen LogP contribution in [0.25, 0.3) is 0 Å². The van der Waals surface area contributed by atoms with Crippen LogP contribution in [0.15, 0.2) is 66.0 Å². The summed E-state index contributed by atoms with van der Waals surface area (Å²) in [6.45, 7) is -0.409. The van der Waals surface area contributed by atoms with Crippen LogP contribution < -0.4 is 14.8 Å². The van der Waals surface area contributed by atoms with Gasteiger partial charge in [0.05, 0.1) is 20.3 Å². The van der Waals surface area contributed by atoms with Crippen LogP contribution in [0, 0.1) is 0 Å². The number of hydrogen-bond acceptors (Lipinski definition) is 6. The molecule has 0 aliphatic carbocycles. The smallest absolute Gasteiger partial charge is 0.342 e. The number of benzene rings is 2. The van der Waals surface area contributed by atoms with E-state index >= 15 is 0 Å². The molecule has 1 amide bonds. The number of rotatable bonds is 8. The highest BCUT2D eigenvalue weighted by Gasteiger charge is 2.21. The molecule has 3 aromatic rings. The van der Waals surface area contributed by atoms with Gasteiger partial charge in [-0.2, -0.15) is 0 Å². The maximum absolute atomic E-state index is 12.5. The van der Waals surface area contributed by atoms with Crippen LogP contribution in [0.3, 0.4) is 0 Å². The number of carbonyl (C=O) groups excluding carboxylic acids is 2. The third-order valence-corrected chi connectivity index (χ3v) is 5.16. The fourth-order valence-corrected chi connectivity index (χ4v) is 3.68. The zero-order valence-corrected chi connectivity index (χ0v) is 16.9. The first-order valence-electron chi connectivity index (χ1n) is 8.90. The summed E-state index contributed by atoms with van der Waals surface area (Å²) in [4.78, 5) is 25.9. The summed E-state index contributed by atoms with van der Waals surface area (Å²) in [6, 6.07) is 18.1. The fraction of sp³-hybridized carbons (Fsp3) is 0.182. The fourth-order valence-electron chi connectivity index (χ4n) is 2.88. The molecule has 0 saturated carbocycles. The molecule has 0 spiro atoms. The molecule has 1 N–H and O–H groups in total. The molecular formula is C22H21NO5S. The van der Waals surface area contributed by atoms with Crippen molar-refractivity contribution < 1.29 is 23.8 Å². The maximum Gasteiger partial charge on any atom is 0.342 e. The molecule has 0 aliphatic heterocycles. The first kappa shape index (κ1) is 20.4. The van der Waals surface area contributed by atoms with Gasteiger partial charge in [-0.15, -0.1) is 11.3 Å². The first-order valence-corrected chi connectivity index (χ1v) is 9.77. The van der Waals surface area contributed by atoms with E-state index in [1.165, 1.54) is 14.2 Å². The van der Waals surface area contributed by atoms with Gasteiger partial charge < -0.3 is 19.5 Å². The third-order valence-electron chi connectivity index (χ3n) is 4.22. The van der Waals surface area contributed by atoms with E-state index in [-0.39, 0.29) is 17.4 Å². The van der Waals surface area contributed by atoms with Crippen molar-refractivity contribution in [3.63, 3.8) is 0 Å². The standard InChI is InChI=1S/C22H21NO5S/c1-26-17-11-6-10-16(21(17)27-2)22(25)28-14-19(24)23-20(18-12-7-13-29-18)15-8-4-3-5-9-15/h3-13,20H,14H2,1-2H3,(H,23,24)/t20-/m1/s1. The SMILES string of the molecule is COc1cccc(C(=O)OCC(=O)N[C@H](c2ccccc2)c2cccs2)c1OC. The number of thiophene rings is 1. The lowest BCUT2D eigenvalue weighted by Crippen LogP contribution is -2.32. The molecule has 0 aliphatic rings. The Hall–Kier alpha value is -3.32. The minimum atomic E-state index is -0.664. The molecule has 0 bridgehead atoms. The summed E-state index contributed by atoms with van der Waals surface area (Å²) in [5.41, 5.74) is 1.14. The number of para-hydroxylation sites is 1. The van der Waals surface area contributed by atoms with Crippen LogP contribution in [0.4, 0.5) is 0 Å². The number of hydrogen-bond donors (Lipinski definition) is 1. The van der Waals surface area contributed by atoms with Crippen molar-refractivity contribution in [3.8, 4) is 11.5 Å². The zero-order valence-electron chi connectivity index (χ0n) is 16.1. The molecule has 1 atom stereocenters. The second-order valence-corrected chi connectivity index (χ2v) is 7.02. The molecule has 0 fully saturated rings. The van der Waals surface area contributed by atoms with Crippen molar-refractivity contribution >= 4 is 23.2 Å². The largest absolute Gasteiger partial charge is 0.493 e. The van der Waals surface area contributed by atoms with Crippen LogP contribution in [-0.2, 0) is 9.53 Å². The second-order valence-electron chi connectivity index (χ2n) is 6.04. The number of amides is 1. The molecule has 2 aromatic carbocycles. The van der Waals surface area contributed by atoms with E-state index < -0.39 is 18.5 Å². The molecule has 7 heteroatoms. The molecule has 6 nitrogen and oxygen atoms in total. The summed E-state index contributed by atoms with van der Waals surface area (Å²) in [6.07, 6.45) is 0. The Morgan fingerprint density at radius 2 is 1.76 bits per heavy atom. The topological polar surface area (TPSA) is 73.9 Å². The minimum Gasteiger partial charge on any atom is -0.493 e. The van der Waals surface area contributed by atoms with Gasteiger partial charge in [0.15, 0.2) is 18.1 Å². The normalized spacial score (nSPS) is 11.4. The Balaban J connectivity index is 1.68. The van der Waals surface area contributed by atoms with Crippen molar-refractivity contribution in [1.29, 1.82) is 0 Å². The minimum absolute atomic E-state index is 0.192. The zero-order chi connectivity index (χ0) is 20.6. The van der Waals surface area contributed by atoms with Crippen molar-refractivity contribution in [1.82, 2.24) is 5.32 Å². The lowest BCUT2D eigenvalue weighted by atomic mass is 10.1. The Labute approximate surface area is 173 Å². The van der Waals surface area contributed by atoms with E-state index in [0.717, 1.165) is 10.4 Å². The highest BCUT2D eigenvalue weighted by molar-refractivity contribution is 7.10. The van der Waals surface area contributed by atoms with Crippen molar-refractivity contribution in [2.24, 2.45) is 0 Å². The summed E-state index contributed by atoms with van der Waals surface area (Å²) in [5.74, 6) is -0.389. The molecule has 150 valence electrons. The van der Waals surface area contributed by atoms with E-state index in [4.69, 9.17) is 14.2 Å². The van der Waals surface area contributed by atoms with E-state index in [0.29, 0.717) is 5.75 Å². The van der Waals surface area contributed by atoms with Gasteiger partial charge in [-0.05, 0) is 29.1 Å². The molecule has 3 rings (SSSR count). The predicted octanol–water partition coefficient (Wildman–Crippen LogP) is 3.83. The van der Waals surface area contributed by atoms with Crippen molar-refractivity contribution in [2.45, 2.75) is 6.04 Å². The van der Waals surface area contributed by atoms with Gasteiger partial charge in [0, 0.05) is 4.88 Å². The molecular weight excluding hydrogens is 390 g/mol. The lowest BCUT2D eigenvalue weighted by Gasteiger charge is -2.18. The molecule has 1 aromatic heterocycles. The van der Waals surface area contributed by atoms with Crippen LogP contribution in [0.2, 0.25) is 0 Å². The monoisotopic (exact) mass is 411 g/mol. The van der Waals surface area contributed by atoms with Gasteiger partial charge in [-0.25, -0.2) is 4.79 Å². The quantitative estimate of drug-likeness (QED) is 0.571. The van der Waals surface area contributed by atoms with E-state index in [1.54, 1.807) is 29.5 Å². The Bertz CT molecular complexity index is 957. The average molecular weight is 411 g/mol. The molecule has 29 heavy (non-hydrogen) atoms. The second kappa shape index (κ2) is 9.75. The number of methoxy groups -OCH3 is 2. The molecule has 0 radical (unpaired) electrons. The van der Waals surface area contributed by atoms with Gasteiger partial charge >= 0.3 is 5.97 Å². The van der Waals surface area contributed by atoms with Crippen LogP contribution >= 0.6 is 11.3 Å². The first-order chi connectivity index (χ1) is 14.1. The van der Waals surface area contributed by atoms with Gasteiger partial charge in [-0.3, -0.25) is 4.79 Å². The van der Waals surface area contributed by atoms with E-state index in [9.17, 15) is 9.59 Å². The van der Waals surface area contributed by atoms with Gasteiger partial charge in [0.2, 0.25) is 0 Å². The van der Waals surface area contributed by atoms with Crippen molar-refractivity contribution in [2.75, 3.05) is 20.8 Å². The number of esters is 1. The van der Waals surface area contributed by atoms with Crippen LogP contribution in [-0.4, -0.2) is 32.7 Å². The Morgan fingerprint density at radius 3 is 2.41 bits per heavy atom. The predicted molar refractivity (Wildman–Crippen MR) is 111 cm³/mol. The van der Waals surface area contributed by atoms with Gasteiger partial charge in [0.25, 0.3) is 5.91 Å². The average Bonchev–Trinajstić information content (AvgIpc) is 3.30. The maximum atomic E-state index is 12.5. The van der Waals surface area contributed by atoms with Gasteiger partial charge in [-0.1, -0.05) is 42.5 Å².